The Balaban J connectivity index is 1.86. The number of fused-ring (bicyclic) bond motifs is 1. The van der Waals surface area contributed by atoms with Gasteiger partial charge >= 0.3 is 0 Å². The first kappa shape index (κ1) is 19.2. The molecule has 3 aromatic carbocycles. The fourth-order valence-electron chi connectivity index (χ4n) is 3.48. The lowest BCUT2D eigenvalue weighted by molar-refractivity contribution is 0.274. The number of rotatable bonds is 9. The lowest BCUT2D eigenvalue weighted by Gasteiger charge is -2.22. The zero-order valence-corrected chi connectivity index (χ0v) is 15.9. The molecule has 1 nitrogen and oxygen atoms in total. The van der Waals surface area contributed by atoms with E-state index in [0.717, 1.165) is 46.9 Å². The van der Waals surface area contributed by atoms with Gasteiger partial charge in [-0.25, -0.2) is 4.39 Å². The van der Waals surface area contributed by atoms with E-state index in [1.807, 2.05) is 60.7 Å². The molecule has 140 valence electrons. The van der Waals surface area contributed by atoms with E-state index in [4.69, 9.17) is 4.74 Å². The smallest absolute Gasteiger partial charge is 0.132 e. The van der Waals surface area contributed by atoms with E-state index in [0.29, 0.717) is 6.61 Å². The van der Waals surface area contributed by atoms with E-state index in [1.54, 1.807) is 6.08 Å². The summed E-state index contributed by atoms with van der Waals surface area (Å²) in [6.45, 7) is 6.28. The van der Waals surface area contributed by atoms with Crippen LogP contribution in [0.15, 0.2) is 79.4 Å². The summed E-state index contributed by atoms with van der Waals surface area (Å²) in [5.74, 6) is 0.633. The number of hydrogen-bond donors (Lipinski definition) is 0. The standard InChI is InChI=1S/C25H27FO/c1-3-5-10-24(20-13-15-23(16-14-20)27-17-4-2)25(26)22-12-11-19-8-6-7-9-21(19)18-22/h4,6-9,11-16,18,24-25H,2-3,5,10,17H2,1H3. The van der Waals surface area contributed by atoms with Gasteiger partial charge < -0.3 is 4.74 Å². The molecule has 27 heavy (non-hydrogen) atoms. The fraction of sp³-hybridized carbons (Fsp3) is 0.280. The van der Waals surface area contributed by atoms with Crippen LogP contribution in [0.2, 0.25) is 0 Å². The Bertz CT molecular complexity index is 869. The molecule has 0 N–H and O–H groups in total. The summed E-state index contributed by atoms with van der Waals surface area (Å²) in [4.78, 5) is 0. The third-order valence-electron chi connectivity index (χ3n) is 4.99. The number of ether oxygens (including phenoxy) is 1. The van der Waals surface area contributed by atoms with Crippen LogP contribution in [0.25, 0.3) is 10.8 Å². The molecule has 0 amide bonds. The minimum Gasteiger partial charge on any atom is -0.490 e. The highest BCUT2D eigenvalue weighted by atomic mass is 19.1. The highest BCUT2D eigenvalue weighted by molar-refractivity contribution is 5.83. The quantitative estimate of drug-likeness (QED) is 0.361. The Hall–Kier alpha value is -2.61. The van der Waals surface area contributed by atoms with Crippen LogP contribution in [0.3, 0.4) is 0 Å². The molecule has 3 aromatic rings. The third-order valence-corrected chi connectivity index (χ3v) is 4.99. The zero-order chi connectivity index (χ0) is 19.1. The van der Waals surface area contributed by atoms with Crippen molar-refractivity contribution in [1.29, 1.82) is 0 Å². The minimum atomic E-state index is -1.03. The molecule has 0 spiro atoms. The van der Waals surface area contributed by atoms with Gasteiger partial charge in [0.2, 0.25) is 0 Å². The van der Waals surface area contributed by atoms with Crippen molar-refractivity contribution in [3.63, 3.8) is 0 Å². The van der Waals surface area contributed by atoms with Crippen LogP contribution in [0, 0.1) is 0 Å². The van der Waals surface area contributed by atoms with Gasteiger partial charge in [0.1, 0.15) is 18.5 Å². The van der Waals surface area contributed by atoms with Crippen molar-refractivity contribution in [2.45, 2.75) is 38.3 Å². The second kappa shape index (κ2) is 9.36. The summed E-state index contributed by atoms with van der Waals surface area (Å²) in [6, 6.07) is 21.9. The Kier molecular flexibility index (Phi) is 6.64. The summed E-state index contributed by atoms with van der Waals surface area (Å²) in [7, 11) is 0. The monoisotopic (exact) mass is 362 g/mol. The normalized spacial score (nSPS) is 13.3. The first-order chi connectivity index (χ1) is 13.2. The predicted octanol–water partition coefficient (Wildman–Crippen LogP) is 7.39. The number of halogens is 1. The second-order valence-corrected chi connectivity index (χ2v) is 6.93. The van der Waals surface area contributed by atoms with E-state index < -0.39 is 6.17 Å². The summed E-state index contributed by atoms with van der Waals surface area (Å²) in [6.07, 6.45) is 3.59. The van der Waals surface area contributed by atoms with Crippen molar-refractivity contribution in [3.05, 3.63) is 90.5 Å². The fourth-order valence-corrected chi connectivity index (χ4v) is 3.48. The van der Waals surface area contributed by atoms with Gasteiger partial charge in [0.05, 0.1) is 0 Å². The SMILES string of the molecule is C=CCOc1ccc(C(CCCC)C(F)c2ccc3ccccc3c2)cc1. The van der Waals surface area contributed by atoms with Crippen molar-refractivity contribution in [2.75, 3.05) is 6.61 Å². The van der Waals surface area contributed by atoms with Gasteiger partial charge in [0, 0.05) is 5.92 Å². The molecule has 0 bridgehead atoms. The van der Waals surface area contributed by atoms with Crippen LogP contribution < -0.4 is 4.74 Å². The maximum atomic E-state index is 15.6. The van der Waals surface area contributed by atoms with Gasteiger partial charge in [-0.2, -0.15) is 0 Å². The maximum Gasteiger partial charge on any atom is 0.132 e. The maximum absolute atomic E-state index is 15.6. The molecule has 0 fully saturated rings. The Morgan fingerprint density at radius 2 is 1.67 bits per heavy atom. The topological polar surface area (TPSA) is 9.23 Å². The summed E-state index contributed by atoms with van der Waals surface area (Å²) in [5.41, 5.74) is 1.77. The van der Waals surface area contributed by atoms with Crippen LogP contribution in [0.1, 0.15) is 49.4 Å². The number of alkyl halides is 1. The van der Waals surface area contributed by atoms with Gasteiger partial charge in [-0.3, -0.25) is 0 Å². The Morgan fingerprint density at radius 3 is 2.37 bits per heavy atom. The van der Waals surface area contributed by atoms with Crippen LogP contribution in [0.5, 0.6) is 5.75 Å². The second-order valence-electron chi connectivity index (χ2n) is 6.93. The van der Waals surface area contributed by atoms with Crippen molar-refractivity contribution in [2.24, 2.45) is 0 Å². The largest absolute Gasteiger partial charge is 0.490 e. The van der Waals surface area contributed by atoms with Gasteiger partial charge in [0.25, 0.3) is 0 Å². The molecule has 0 aromatic heterocycles. The first-order valence-electron chi connectivity index (χ1n) is 9.69. The molecular formula is C25H27FO. The van der Waals surface area contributed by atoms with E-state index in [-0.39, 0.29) is 5.92 Å². The van der Waals surface area contributed by atoms with Gasteiger partial charge in [-0.1, -0.05) is 81.0 Å². The molecule has 2 atom stereocenters. The molecule has 0 saturated carbocycles. The molecule has 2 unspecified atom stereocenters. The first-order valence-corrected chi connectivity index (χ1v) is 9.69. The number of hydrogen-bond acceptors (Lipinski definition) is 1. The lowest BCUT2D eigenvalue weighted by atomic mass is 9.85. The zero-order valence-electron chi connectivity index (χ0n) is 15.9. The minimum absolute atomic E-state index is 0.153. The van der Waals surface area contributed by atoms with Crippen LogP contribution in [-0.2, 0) is 0 Å². The average molecular weight is 362 g/mol. The van der Waals surface area contributed by atoms with E-state index in [9.17, 15) is 0 Å². The lowest BCUT2D eigenvalue weighted by Crippen LogP contribution is -2.08. The van der Waals surface area contributed by atoms with Crippen molar-refractivity contribution >= 4 is 10.8 Å². The predicted molar refractivity (Wildman–Crippen MR) is 112 cm³/mol. The van der Waals surface area contributed by atoms with Gasteiger partial charge in [0.15, 0.2) is 0 Å². The molecule has 0 aliphatic carbocycles. The van der Waals surface area contributed by atoms with Crippen molar-refractivity contribution in [1.82, 2.24) is 0 Å². The average Bonchev–Trinajstić information content (AvgIpc) is 2.72. The van der Waals surface area contributed by atoms with Gasteiger partial charge in [-0.05, 0) is 46.5 Å². The summed E-state index contributed by atoms with van der Waals surface area (Å²) >= 11 is 0. The summed E-state index contributed by atoms with van der Waals surface area (Å²) < 4.78 is 21.1. The van der Waals surface area contributed by atoms with Crippen LogP contribution in [-0.4, -0.2) is 6.61 Å². The Labute approximate surface area is 161 Å². The molecular weight excluding hydrogens is 335 g/mol. The van der Waals surface area contributed by atoms with Crippen LogP contribution in [0.4, 0.5) is 4.39 Å². The molecule has 0 radical (unpaired) electrons. The molecule has 0 aliphatic rings. The van der Waals surface area contributed by atoms with Crippen molar-refractivity contribution < 1.29 is 9.13 Å². The summed E-state index contributed by atoms with van der Waals surface area (Å²) in [5, 5.41) is 2.22. The van der Waals surface area contributed by atoms with Crippen molar-refractivity contribution in [3.8, 4) is 5.75 Å². The Morgan fingerprint density at radius 1 is 0.963 bits per heavy atom. The molecule has 0 heterocycles. The highest BCUT2D eigenvalue weighted by Gasteiger charge is 2.24. The number of unbranched alkanes of at least 4 members (excludes halogenated alkanes) is 1. The number of benzene rings is 3. The molecule has 2 heteroatoms. The molecule has 3 rings (SSSR count). The van der Waals surface area contributed by atoms with E-state index >= 15 is 4.39 Å². The van der Waals surface area contributed by atoms with Gasteiger partial charge in [-0.15, -0.1) is 0 Å². The molecule has 0 saturated heterocycles. The highest BCUT2D eigenvalue weighted by Crippen LogP contribution is 2.39. The third kappa shape index (κ3) is 4.77. The van der Waals surface area contributed by atoms with Crippen LogP contribution >= 0.6 is 0 Å². The molecule has 0 aliphatic heterocycles. The van der Waals surface area contributed by atoms with E-state index in [1.165, 1.54) is 0 Å². The van der Waals surface area contributed by atoms with E-state index in [2.05, 4.69) is 19.6 Å².